The van der Waals surface area contributed by atoms with Gasteiger partial charge in [-0.3, -0.25) is 0 Å². The highest BCUT2D eigenvalue weighted by molar-refractivity contribution is 4.67. The fourth-order valence-electron chi connectivity index (χ4n) is 0.920. The molecule has 0 atom stereocenters. The zero-order valence-corrected chi connectivity index (χ0v) is 8.68. The van der Waals surface area contributed by atoms with Crippen LogP contribution < -0.4 is 5.32 Å². The smallest absolute Gasteiger partial charge is 0.0622 e. The van der Waals surface area contributed by atoms with E-state index in [2.05, 4.69) is 25.2 Å². The Hall–Kier alpha value is -0.590. The summed E-state index contributed by atoms with van der Waals surface area (Å²) in [7, 11) is 0. The molecule has 0 spiro atoms. The van der Waals surface area contributed by atoms with E-state index in [1.807, 2.05) is 0 Å². The molecule has 0 heterocycles. The summed E-state index contributed by atoms with van der Waals surface area (Å²) in [6.07, 6.45) is 2.50. The van der Waals surface area contributed by atoms with E-state index in [-0.39, 0.29) is 0 Å². The highest BCUT2D eigenvalue weighted by Gasteiger charge is 1.92. The number of nitrogens with one attached hydrogen (secondary N) is 1. The summed E-state index contributed by atoms with van der Waals surface area (Å²) in [5.74, 6) is 0. The molecule has 0 aliphatic rings. The molecule has 0 saturated carbocycles. The topological polar surface area (TPSA) is 45.0 Å². The first-order chi connectivity index (χ1) is 6.27. The third-order valence-corrected chi connectivity index (χ3v) is 1.60. The fraction of sp³-hybridized carbons (Fsp3) is 0.900. The van der Waals surface area contributed by atoms with Gasteiger partial charge in [-0.1, -0.05) is 13.8 Å². The molecule has 0 saturated heterocycles. The van der Waals surface area contributed by atoms with Gasteiger partial charge < -0.3 is 10.1 Å². The van der Waals surface area contributed by atoms with Crippen LogP contribution in [0.25, 0.3) is 0 Å². The SMILES string of the molecule is CC(C)NCCCOCCCC#N. The summed E-state index contributed by atoms with van der Waals surface area (Å²) in [6, 6.07) is 2.65. The largest absolute Gasteiger partial charge is 0.381 e. The van der Waals surface area contributed by atoms with Crippen LogP contribution in [0.3, 0.4) is 0 Å². The van der Waals surface area contributed by atoms with Gasteiger partial charge in [-0.05, 0) is 19.4 Å². The quantitative estimate of drug-likeness (QED) is 0.584. The summed E-state index contributed by atoms with van der Waals surface area (Å²) >= 11 is 0. The standard InChI is InChI=1S/C10H20N2O/c1-10(2)12-7-5-9-13-8-4-3-6-11/h10,12H,3-5,7-9H2,1-2H3. The molecule has 76 valence electrons. The van der Waals surface area contributed by atoms with Crippen LogP contribution in [-0.2, 0) is 4.74 Å². The lowest BCUT2D eigenvalue weighted by atomic mass is 10.3. The predicted octanol–water partition coefficient (Wildman–Crippen LogP) is 1.69. The van der Waals surface area contributed by atoms with Gasteiger partial charge in [0, 0.05) is 25.7 Å². The summed E-state index contributed by atoms with van der Waals surface area (Å²) in [6.45, 7) is 6.79. The van der Waals surface area contributed by atoms with Gasteiger partial charge >= 0.3 is 0 Å². The van der Waals surface area contributed by atoms with Gasteiger partial charge in [-0.25, -0.2) is 0 Å². The van der Waals surface area contributed by atoms with Crippen molar-refractivity contribution >= 4 is 0 Å². The molecule has 0 aliphatic carbocycles. The van der Waals surface area contributed by atoms with Gasteiger partial charge in [0.05, 0.1) is 6.07 Å². The Bertz CT molecular complexity index is 140. The Morgan fingerprint density at radius 2 is 2.00 bits per heavy atom. The summed E-state index contributed by atoms with van der Waals surface area (Å²) in [5.41, 5.74) is 0. The van der Waals surface area contributed by atoms with Crippen molar-refractivity contribution < 1.29 is 4.74 Å². The highest BCUT2D eigenvalue weighted by Crippen LogP contribution is 1.89. The minimum atomic E-state index is 0.554. The van der Waals surface area contributed by atoms with Gasteiger partial charge in [0.15, 0.2) is 0 Å². The maximum atomic E-state index is 8.25. The van der Waals surface area contributed by atoms with Gasteiger partial charge in [-0.15, -0.1) is 0 Å². The first kappa shape index (κ1) is 12.4. The zero-order valence-electron chi connectivity index (χ0n) is 8.68. The van der Waals surface area contributed by atoms with Gasteiger partial charge in [0.1, 0.15) is 0 Å². The number of hydrogen-bond donors (Lipinski definition) is 1. The second kappa shape index (κ2) is 9.50. The molecule has 0 aromatic carbocycles. The molecular weight excluding hydrogens is 164 g/mol. The van der Waals surface area contributed by atoms with E-state index >= 15 is 0 Å². The Balaban J connectivity index is 2.88. The van der Waals surface area contributed by atoms with Crippen LogP contribution in [0.15, 0.2) is 0 Å². The van der Waals surface area contributed by atoms with Crippen LogP contribution in [0.5, 0.6) is 0 Å². The van der Waals surface area contributed by atoms with Crippen LogP contribution in [0.1, 0.15) is 33.1 Å². The highest BCUT2D eigenvalue weighted by atomic mass is 16.5. The van der Waals surface area contributed by atoms with E-state index in [0.717, 1.165) is 32.6 Å². The van der Waals surface area contributed by atoms with Gasteiger partial charge in [-0.2, -0.15) is 5.26 Å². The Morgan fingerprint density at radius 1 is 1.31 bits per heavy atom. The third kappa shape index (κ3) is 11.4. The summed E-state index contributed by atoms with van der Waals surface area (Å²) < 4.78 is 5.33. The second-order valence-corrected chi connectivity index (χ2v) is 3.34. The normalized spacial score (nSPS) is 10.3. The Morgan fingerprint density at radius 3 is 2.62 bits per heavy atom. The van der Waals surface area contributed by atoms with E-state index in [4.69, 9.17) is 10.00 Å². The number of nitrogens with zero attached hydrogens (tertiary/aromatic N) is 1. The Kier molecular flexibility index (Phi) is 9.07. The van der Waals surface area contributed by atoms with E-state index in [0.29, 0.717) is 12.5 Å². The molecule has 0 amide bonds. The molecule has 1 N–H and O–H groups in total. The van der Waals surface area contributed by atoms with E-state index in [9.17, 15) is 0 Å². The van der Waals surface area contributed by atoms with Crippen LogP contribution in [0.4, 0.5) is 0 Å². The van der Waals surface area contributed by atoms with Gasteiger partial charge in [0.25, 0.3) is 0 Å². The summed E-state index contributed by atoms with van der Waals surface area (Å²) in [4.78, 5) is 0. The first-order valence-electron chi connectivity index (χ1n) is 4.95. The number of unbranched alkanes of at least 4 members (excludes halogenated alkanes) is 1. The Labute approximate surface area is 81.1 Å². The minimum Gasteiger partial charge on any atom is -0.381 e. The number of ether oxygens (including phenoxy) is 1. The molecule has 0 radical (unpaired) electrons. The predicted molar refractivity (Wildman–Crippen MR) is 53.4 cm³/mol. The molecule has 0 aromatic heterocycles. The van der Waals surface area contributed by atoms with Crippen molar-refractivity contribution in [3.8, 4) is 6.07 Å². The van der Waals surface area contributed by atoms with Gasteiger partial charge in [0.2, 0.25) is 0 Å². The zero-order chi connectivity index (χ0) is 9.94. The average Bonchev–Trinajstić information content (AvgIpc) is 2.09. The van der Waals surface area contributed by atoms with Crippen molar-refractivity contribution in [3.05, 3.63) is 0 Å². The molecular formula is C10H20N2O. The van der Waals surface area contributed by atoms with Crippen molar-refractivity contribution in [2.45, 2.75) is 39.2 Å². The van der Waals surface area contributed by atoms with Crippen LogP contribution in [-0.4, -0.2) is 25.8 Å². The molecule has 0 aliphatic heterocycles. The number of nitriles is 1. The molecule has 0 aromatic rings. The van der Waals surface area contributed by atoms with Crippen molar-refractivity contribution in [2.75, 3.05) is 19.8 Å². The number of hydrogen-bond acceptors (Lipinski definition) is 3. The maximum absolute atomic E-state index is 8.25. The fourth-order valence-corrected chi connectivity index (χ4v) is 0.920. The molecule has 13 heavy (non-hydrogen) atoms. The molecule has 0 rings (SSSR count). The minimum absolute atomic E-state index is 0.554. The molecule has 0 fully saturated rings. The van der Waals surface area contributed by atoms with Crippen LogP contribution in [0.2, 0.25) is 0 Å². The van der Waals surface area contributed by atoms with E-state index < -0.39 is 0 Å². The van der Waals surface area contributed by atoms with Crippen molar-refractivity contribution in [1.82, 2.24) is 5.32 Å². The van der Waals surface area contributed by atoms with E-state index in [1.54, 1.807) is 0 Å². The maximum Gasteiger partial charge on any atom is 0.0622 e. The monoisotopic (exact) mass is 184 g/mol. The second-order valence-electron chi connectivity index (χ2n) is 3.34. The first-order valence-corrected chi connectivity index (χ1v) is 4.95. The van der Waals surface area contributed by atoms with Crippen LogP contribution in [0, 0.1) is 11.3 Å². The molecule has 3 heteroatoms. The van der Waals surface area contributed by atoms with Crippen molar-refractivity contribution in [1.29, 1.82) is 5.26 Å². The van der Waals surface area contributed by atoms with Crippen molar-refractivity contribution in [3.63, 3.8) is 0 Å². The molecule has 0 unspecified atom stereocenters. The lowest BCUT2D eigenvalue weighted by molar-refractivity contribution is 0.130. The lowest BCUT2D eigenvalue weighted by Crippen LogP contribution is -2.24. The van der Waals surface area contributed by atoms with Crippen molar-refractivity contribution in [2.24, 2.45) is 0 Å². The summed E-state index contributed by atoms with van der Waals surface area (Å²) in [5, 5.41) is 11.6. The molecule has 3 nitrogen and oxygen atoms in total. The van der Waals surface area contributed by atoms with Crippen LogP contribution >= 0.6 is 0 Å². The average molecular weight is 184 g/mol. The van der Waals surface area contributed by atoms with E-state index in [1.165, 1.54) is 0 Å². The lowest BCUT2D eigenvalue weighted by Gasteiger charge is -2.07. The molecule has 0 bridgehead atoms. The number of rotatable bonds is 8. The third-order valence-electron chi connectivity index (χ3n) is 1.60.